The summed E-state index contributed by atoms with van der Waals surface area (Å²) in [6.07, 6.45) is 32.3. The van der Waals surface area contributed by atoms with Crippen LogP contribution in [0.1, 0.15) is 162 Å². The number of nitrogens with one attached hydrogen (secondary N) is 2. The Hall–Kier alpha value is -2.68. The molecule has 0 aromatic heterocycles. The number of aliphatic hydroxyl groups is 1. The van der Waals surface area contributed by atoms with Gasteiger partial charge in [0.1, 0.15) is 12.1 Å². The molecule has 0 aliphatic rings. The molecule has 2 atom stereocenters. The minimum absolute atomic E-state index is 0.0991. The molecule has 0 aromatic rings. The first kappa shape index (κ1) is 43.3. The van der Waals surface area contributed by atoms with E-state index in [1.807, 2.05) is 0 Å². The zero-order valence-electron chi connectivity index (χ0n) is 29.1. The Kier molecular flexibility index (Phi) is 30.4. The van der Waals surface area contributed by atoms with Crippen LogP contribution in [0.2, 0.25) is 0 Å². The highest BCUT2D eigenvalue weighted by Crippen LogP contribution is 2.15. The lowest BCUT2D eigenvalue weighted by Gasteiger charge is -2.15. The van der Waals surface area contributed by atoms with Gasteiger partial charge in [0.15, 0.2) is 0 Å². The van der Waals surface area contributed by atoms with E-state index < -0.39 is 24.5 Å². The van der Waals surface area contributed by atoms with E-state index in [-0.39, 0.29) is 24.5 Å². The summed E-state index contributed by atoms with van der Waals surface area (Å²) in [6, 6.07) is -1.38. The number of amides is 2. The molecule has 0 saturated carbocycles. The molecule has 9 heteroatoms. The van der Waals surface area contributed by atoms with Crippen LogP contribution in [0.3, 0.4) is 0 Å². The summed E-state index contributed by atoms with van der Waals surface area (Å²) in [4.78, 5) is 47.1. The van der Waals surface area contributed by atoms with Crippen LogP contribution in [-0.4, -0.2) is 59.3 Å². The third-order valence-electron chi connectivity index (χ3n) is 7.94. The van der Waals surface area contributed by atoms with E-state index in [2.05, 4.69) is 48.8 Å². The molecule has 0 bridgehead atoms. The van der Waals surface area contributed by atoms with Gasteiger partial charge in [-0.15, -0.1) is 0 Å². The molecule has 0 aliphatic carbocycles. The van der Waals surface area contributed by atoms with E-state index in [0.29, 0.717) is 19.3 Å². The van der Waals surface area contributed by atoms with Crippen LogP contribution in [0.25, 0.3) is 0 Å². The molecule has 266 valence electrons. The molecule has 0 aliphatic heterocycles. The van der Waals surface area contributed by atoms with Crippen molar-refractivity contribution in [2.24, 2.45) is 0 Å². The van der Waals surface area contributed by atoms with Gasteiger partial charge in [0.05, 0.1) is 13.2 Å². The maximum Gasteiger partial charge on any atom is 0.328 e. The lowest BCUT2D eigenvalue weighted by atomic mass is 10.1. The minimum Gasteiger partial charge on any atom is -0.480 e. The van der Waals surface area contributed by atoms with Gasteiger partial charge in [-0.3, -0.25) is 14.4 Å². The predicted octanol–water partition coefficient (Wildman–Crippen LogP) is 7.70. The number of allylic oxidation sites excluding steroid dienone is 3. The van der Waals surface area contributed by atoms with Crippen LogP contribution in [0.5, 0.6) is 0 Å². The lowest BCUT2D eigenvalue weighted by molar-refractivity contribution is -0.147. The highest BCUT2D eigenvalue weighted by atomic mass is 16.5. The van der Waals surface area contributed by atoms with E-state index in [1.165, 1.54) is 64.2 Å². The van der Waals surface area contributed by atoms with Crippen molar-refractivity contribution in [3.05, 3.63) is 24.3 Å². The molecular weight excluding hydrogens is 584 g/mol. The van der Waals surface area contributed by atoms with Crippen molar-refractivity contribution in [2.75, 3.05) is 13.2 Å². The molecular formula is C37H66N2O7. The number of carboxylic acid groups (broad SMARTS) is 1. The second-order valence-electron chi connectivity index (χ2n) is 12.3. The second kappa shape index (κ2) is 32.3. The average Bonchev–Trinajstić information content (AvgIpc) is 3.03. The fourth-order valence-corrected chi connectivity index (χ4v) is 5.07. The number of carbonyl (C=O) groups is 4. The number of aliphatic carboxylic acids is 1. The van der Waals surface area contributed by atoms with E-state index >= 15 is 0 Å². The zero-order valence-corrected chi connectivity index (χ0v) is 29.1. The van der Waals surface area contributed by atoms with Crippen LogP contribution in [0.4, 0.5) is 0 Å². The molecule has 0 heterocycles. The fraction of sp³-hybridized carbons (Fsp3) is 0.784. The van der Waals surface area contributed by atoms with Crippen LogP contribution >= 0.6 is 0 Å². The summed E-state index contributed by atoms with van der Waals surface area (Å²) >= 11 is 0. The normalized spacial score (nSPS) is 12.8. The highest BCUT2D eigenvalue weighted by molar-refractivity contribution is 5.87. The van der Waals surface area contributed by atoms with E-state index in [1.54, 1.807) is 0 Å². The standard InChI is InChI=1S/C37H66N2O7/c1-3-5-7-9-11-13-14-18-22-26-32(46-36(43)29-25-21-15-12-10-8-6-4-2)27-23-19-16-17-20-24-28-34(41)38-30-35(42)39-33(31-40)37(44)45/h13-14,22,26,32-33,40H,3-12,15-21,23-25,27-31H2,1-2H3,(H,38,41)(H,39,42)(H,44,45)/b14-13-,26-22-. The first-order valence-electron chi connectivity index (χ1n) is 18.2. The SMILES string of the molecule is CCCCCC/C=C\C/C=C\C(CCCCCCCCC(=O)NCC(=O)NC(CO)C(=O)O)OC(=O)CCCCCCCCCC. The van der Waals surface area contributed by atoms with Crippen LogP contribution in [0.15, 0.2) is 24.3 Å². The molecule has 0 rings (SSSR count). The molecule has 0 fully saturated rings. The maximum absolute atomic E-state index is 12.6. The van der Waals surface area contributed by atoms with Gasteiger partial charge in [-0.05, 0) is 51.0 Å². The smallest absolute Gasteiger partial charge is 0.328 e. The van der Waals surface area contributed by atoms with Gasteiger partial charge in [-0.1, -0.05) is 122 Å². The number of hydrogen-bond donors (Lipinski definition) is 4. The summed E-state index contributed by atoms with van der Waals surface area (Å²) in [5, 5.41) is 22.4. The summed E-state index contributed by atoms with van der Waals surface area (Å²) in [5.74, 6) is -2.35. The molecule has 9 nitrogen and oxygen atoms in total. The highest BCUT2D eigenvalue weighted by Gasteiger charge is 2.18. The summed E-state index contributed by atoms with van der Waals surface area (Å²) in [6.45, 7) is 3.41. The van der Waals surface area contributed by atoms with Gasteiger partial charge in [-0.2, -0.15) is 0 Å². The zero-order chi connectivity index (χ0) is 34.1. The summed E-state index contributed by atoms with van der Waals surface area (Å²) in [7, 11) is 0. The van der Waals surface area contributed by atoms with Gasteiger partial charge < -0.3 is 25.6 Å². The number of carbonyl (C=O) groups excluding carboxylic acids is 3. The monoisotopic (exact) mass is 650 g/mol. The first-order valence-corrected chi connectivity index (χ1v) is 18.2. The van der Waals surface area contributed by atoms with E-state index in [4.69, 9.17) is 14.9 Å². The van der Waals surface area contributed by atoms with Crippen molar-refractivity contribution in [3.63, 3.8) is 0 Å². The van der Waals surface area contributed by atoms with Gasteiger partial charge in [0.25, 0.3) is 0 Å². The number of ether oxygens (including phenoxy) is 1. The van der Waals surface area contributed by atoms with Gasteiger partial charge in [0.2, 0.25) is 11.8 Å². The van der Waals surface area contributed by atoms with Crippen LogP contribution in [0, 0.1) is 0 Å². The molecule has 0 spiro atoms. The third-order valence-corrected chi connectivity index (χ3v) is 7.94. The fourth-order valence-electron chi connectivity index (χ4n) is 5.07. The van der Waals surface area contributed by atoms with Crippen LogP contribution in [-0.2, 0) is 23.9 Å². The minimum atomic E-state index is -1.38. The Balaban J connectivity index is 4.31. The van der Waals surface area contributed by atoms with E-state index in [0.717, 1.165) is 64.2 Å². The quantitative estimate of drug-likeness (QED) is 0.0332. The second-order valence-corrected chi connectivity index (χ2v) is 12.3. The molecule has 46 heavy (non-hydrogen) atoms. The topological polar surface area (TPSA) is 142 Å². The van der Waals surface area contributed by atoms with Gasteiger partial charge in [-0.25, -0.2) is 4.79 Å². The van der Waals surface area contributed by atoms with Crippen molar-refractivity contribution in [1.29, 1.82) is 0 Å². The Morgan fingerprint density at radius 2 is 1.24 bits per heavy atom. The molecule has 2 unspecified atom stereocenters. The summed E-state index contributed by atoms with van der Waals surface area (Å²) in [5.41, 5.74) is 0. The number of carboxylic acids is 1. The number of hydrogen-bond acceptors (Lipinski definition) is 6. The van der Waals surface area contributed by atoms with Crippen molar-refractivity contribution >= 4 is 23.8 Å². The maximum atomic E-state index is 12.6. The number of aliphatic hydroxyl groups excluding tert-OH is 1. The predicted molar refractivity (Wildman–Crippen MR) is 185 cm³/mol. The summed E-state index contributed by atoms with van der Waals surface area (Å²) < 4.78 is 5.87. The molecule has 4 N–H and O–H groups in total. The molecule has 0 aromatic carbocycles. The van der Waals surface area contributed by atoms with Crippen molar-refractivity contribution in [2.45, 2.75) is 174 Å². The Morgan fingerprint density at radius 1 is 0.674 bits per heavy atom. The Bertz CT molecular complexity index is 844. The lowest BCUT2D eigenvalue weighted by Crippen LogP contribution is -2.47. The number of esters is 1. The Labute approximate surface area is 279 Å². The third kappa shape index (κ3) is 28.8. The van der Waals surface area contributed by atoms with Crippen molar-refractivity contribution in [1.82, 2.24) is 10.6 Å². The number of rotatable bonds is 32. The van der Waals surface area contributed by atoms with Gasteiger partial charge >= 0.3 is 11.9 Å². The first-order chi connectivity index (χ1) is 22.3. The van der Waals surface area contributed by atoms with Crippen molar-refractivity contribution in [3.8, 4) is 0 Å². The van der Waals surface area contributed by atoms with Gasteiger partial charge in [0, 0.05) is 12.8 Å². The molecule has 2 amide bonds. The van der Waals surface area contributed by atoms with E-state index in [9.17, 15) is 19.2 Å². The van der Waals surface area contributed by atoms with Crippen LogP contribution < -0.4 is 10.6 Å². The largest absolute Gasteiger partial charge is 0.480 e. The number of unbranched alkanes of at least 4 members (excludes halogenated alkanes) is 16. The Morgan fingerprint density at radius 3 is 1.85 bits per heavy atom. The molecule has 0 saturated heterocycles. The van der Waals surface area contributed by atoms with Crippen molar-refractivity contribution < 1.29 is 34.1 Å². The molecule has 0 radical (unpaired) electrons. The average molecular weight is 651 g/mol.